The summed E-state index contributed by atoms with van der Waals surface area (Å²) in [6, 6.07) is 5.68. The van der Waals surface area contributed by atoms with Gasteiger partial charge in [0.05, 0.1) is 34.5 Å². The normalized spacial score (nSPS) is 17.5. The molecule has 0 radical (unpaired) electrons. The van der Waals surface area contributed by atoms with E-state index in [1.807, 2.05) is 39.0 Å². The highest BCUT2D eigenvalue weighted by atomic mass is 32.2. The molecule has 2 aliphatic rings. The molecular weight excluding hydrogens is 454 g/mol. The lowest BCUT2D eigenvalue weighted by Crippen LogP contribution is -2.55. The van der Waals surface area contributed by atoms with Crippen LogP contribution < -0.4 is 4.90 Å². The standard InChI is InChI=1S/C22H21NO5S3/c1-7-13(24)23-15-11(2)9-8-10-12(15)14(18(29)22(23,3)4)21-30-16(19(25)27-5)17(31-21)20(26)28-6/h7-10H,1H2,2-6H3. The Balaban J connectivity index is 2.28. The number of methoxy groups -OCH3 is 2. The van der Waals surface area contributed by atoms with Gasteiger partial charge in [-0.25, -0.2) is 9.59 Å². The molecule has 1 aromatic carbocycles. The maximum absolute atomic E-state index is 12.8. The highest BCUT2D eigenvalue weighted by molar-refractivity contribution is 8.29. The third-order valence-electron chi connectivity index (χ3n) is 5.01. The number of fused-ring (bicyclic) bond motifs is 1. The molecule has 9 heteroatoms. The molecule has 3 rings (SSSR count). The SMILES string of the molecule is C=CC(=O)N1c2c(C)cccc2C(=C2SC(C(=O)OC)=C(C(=O)OC)S2)C(=S)C1(C)C. The summed E-state index contributed by atoms with van der Waals surface area (Å²) in [5.74, 6) is -1.51. The molecular formula is C22H21NO5S3. The monoisotopic (exact) mass is 475 g/mol. The summed E-state index contributed by atoms with van der Waals surface area (Å²) >= 11 is 8.12. The van der Waals surface area contributed by atoms with Gasteiger partial charge in [-0.05, 0) is 32.4 Å². The van der Waals surface area contributed by atoms with Crippen LogP contribution in [0.3, 0.4) is 0 Å². The maximum atomic E-state index is 12.8. The Morgan fingerprint density at radius 2 is 1.65 bits per heavy atom. The van der Waals surface area contributed by atoms with Crippen molar-refractivity contribution >= 4 is 69.7 Å². The summed E-state index contributed by atoms with van der Waals surface area (Å²) in [6.45, 7) is 9.29. The lowest BCUT2D eigenvalue weighted by atomic mass is 9.82. The lowest BCUT2D eigenvalue weighted by molar-refractivity contribution is -0.138. The van der Waals surface area contributed by atoms with E-state index in [2.05, 4.69) is 6.58 Å². The van der Waals surface area contributed by atoms with Gasteiger partial charge in [0, 0.05) is 11.1 Å². The number of thiocarbonyl (C=S) groups is 1. The van der Waals surface area contributed by atoms with Gasteiger partial charge in [0.25, 0.3) is 5.91 Å². The summed E-state index contributed by atoms with van der Waals surface area (Å²) < 4.78 is 10.4. The summed E-state index contributed by atoms with van der Waals surface area (Å²) in [5.41, 5.74) is 2.24. The molecule has 0 spiro atoms. The summed E-state index contributed by atoms with van der Waals surface area (Å²) in [6.07, 6.45) is 1.27. The number of thioether (sulfide) groups is 2. The van der Waals surface area contributed by atoms with Crippen LogP contribution in [-0.4, -0.2) is 42.5 Å². The molecule has 1 aromatic rings. The first kappa shape index (κ1) is 23.3. The number of rotatable bonds is 3. The van der Waals surface area contributed by atoms with Crippen LogP contribution in [0.4, 0.5) is 5.69 Å². The zero-order chi connectivity index (χ0) is 23.1. The minimum atomic E-state index is -0.845. The van der Waals surface area contributed by atoms with Crippen molar-refractivity contribution in [3.63, 3.8) is 0 Å². The fraction of sp³-hybridized carbons (Fsp3) is 0.273. The number of carbonyl (C=O) groups is 3. The van der Waals surface area contributed by atoms with Gasteiger partial charge in [0.2, 0.25) is 0 Å². The first-order valence-electron chi connectivity index (χ1n) is 9.22. The molecule has 0 saturated heterocycles. The van der Waals surface area contributed by atoms with E-state index in [1.54, 1.807) is 4.90 Å². The molecule has 162 valence electrons. The van der Waals surface area contributed by atoms with Crippen LogP contribution in [0, 0.1) is 6.92 Å². The Bertz CT molecular complexity index is 1070. The van der Waals surface area contributed by atoms with Gasteiger partial charge in [-0.15, -0.1) is 0 Å². The minimum absolute atomic E-state index is 0.154. The van der Waals surface area contributed by atoms with Crippen molar-refractivity contribution < 1.29 is 23.9 Å². The second-order valence-corrected chi connectivity index (χ2v) is 9.95. The highest BCUT2D eigenvalue weighted by Gasteiger charge is 2.46. The number of aryl methyl sites for hydroxylation is 1. The smallest absolute Gasteiger partial charge is 0.346 e. The molecule has 6 nitrogen and oxygen atoms in total. The second kappa shape index (κ2) is 8.64. The van der Waals surface area contributed by atoms with Crippen LogP contribution in [0.15, 0.2) is 44.9 Å². The maximum Gasteiger partial charge on any atom is 0.346 e. The zero-order valence-electron chi connectivity index (χ0n) is 17.7. The van der Waals surface area contributed by atoms with E-state index < -0.39 is 17.5 Å². The first-order chi connectivity index (χ1) is 14.6. The van der Waals surface area contributed by atoms with Gasteiger partial charge in [0.1, 0.15) is 9.81 Å². The quantitative estimate of drug-likeness (QED) is 0.362. The molecule has 0 saturated carbocycles. The van der Waals surface area contributed by atoms with Crippen LogP contribution in [0.5, 0.6) is 0 Å². The summed E-state index contributed by atoms with van der Waals surface area (Å²) in [5, 5.41) is 0. The van der Waals surface area contributed by atoms with Crippen molar-refractivity contribution in [3.8, 4) is 0 Å². The molecule has 0 aliphatic carbocycles. The Labute approximate surface area is 194 Å². The average Bonchev–Trinajstić information content (AvgIpc) is 3.18. The van der Waals surface area contributed by atoms with E-state index in [1.165, 1.54) is 20.3 Å². The van der Waals surface area contributed by atoms with Crippen molar-refractivity contribution in [1.82, 2.24) is 0 Å². The number of nitrogens with zero attached hydrogens (tertiary/aromatic N) is 1. The molecule has 2 aliphatic heterocycles. The summed E-state index contributed by atoms with van der Waals surface area (Å²) in [7, 11) is 2.51. The van der Waals surface area contributed by atoms with Gasteiger partial charge in [-0.3, -0.25) is 9.69 Å². The second-order valence-electron chi connectivity index (χ2n) is 7.24. The Hall–Kier alpha value is -2.36. The number of hydrogen-bond donors (Lipinski definition) is 0. The predicted molar refractivity (Wildman–Crippen MR) is 129 cm³/mol. The molecule has 2 heterocycles. The number of carbonyl (C=O) groups excluding carboxylic acids is 3. The lowest BCUT2D eigenvalue weighted by Gasteiger charge is -2.45. The molecule has 0 N–H and O–H groups in total. The van der Waals surface area contributed by atoms with Crippen molar-refractivity contribution in [2.45, 2.75) is 26.3 Å². The molecule has 0 aromatic heterocycles. The van der Waals surface area contributed by atoms with Crippen LogP contribution in [-0.2, 0) is 23.9 Å². The topological polar surface area (TPSA) is 72.9 Å². The van der Waals surface area contributed by atoms with E-state index in [-0.39, 0.29) is 15.7 Å². The van der Waals surface area contributed by atoms with Gasteiger partial charge < -0.3 is 9.47 Å². The van der Waals surface area contributed by atoms with Crippen LogP contribution in [0.2, 0.25) is 0 Å². The Morgan fingerprint density at radius 3 is 2.13 bits per heavy atom. The van der Waals surface area contributed by atoms with E-state index >= 15 is 0 Å². The Kier molecular flexibility index (Phi) is 6.50. The van der Waals surface area contributed by atoms with Gasteiger partial charge in [0.15, 0.2) is 0 Å². The predicted octanol–water partition coefficient (Wildman–Crippen LogP) is 4.38. The molecule has 0 fully saturated rings. The number of amides is 1. The van der Waals surface area contributed by atoms with Crippen molar-refractivity contribution in [2.75, 3.05) is 19.1 Å². The van der Waals surface area contributed by atoms with Crippen LogP contribution >= 0.6 is 35.7 Å². The van der Waals surface area contributed by atoms with Gasteiger partial charge in [-0.1, -0.05) is 60.5 Å². The van der Waals surface area contributed by atoms with E-state index in [4.69, 9.17) is 21.7 Å². The molecule has 0 atom stereocenters. The number of anilines is 1. The van der Waals surface area contributed by atoms with Crippen molar-refractivity contribution in [3.05, 3.63) is 56.0 Å². The fourth-order valence-corrected chi connectivity index (χ4v) is 6.54. The molecule has 1 amide bonds. The average molecular weight is 476 g/mol. The number of esters is 2. The van der Waals surface area contributed by atoms with Gasteiger partial charge >= 0.3 is 11.9 Å². The van der Waals surface area contributed by atoms with Gasteiger partial charge in [-0.2, -0.15) is 0 Å². The largest absolute Gasteiger partial charge is 0.465 e. The summed E-state index contributed by atoms with van der Waals surface area (Å²) in [4.78, 5) is 39.9. The third-order valence-corrected chi connectivity index (χ3v) is 8.27. The zero-order valence-corrected chi connectivity index (χ0v) is 20.2. The minimum Gasteiger partial charge on any atom is -0.465 e. The number of ether oxygens (including phenoxy) is 2. The Morgan fingerprint density at radius 1 is 1.10 bits per heavy atom. The fourth-order valence-electron chi connectivity index (χ4n) is 3.50. The van der Waals surface area contributed by atoms with E-state index in [0.717, 1.165) is 40.3 Å². The molecule has 0 bridgehead atoms. The van der Waals surface area contributed by atoms with Crippen molar-refractivity contribution in [2.24, 2.45) is 0 Å². The van der Waals surface area contributed by atoms with Crippen LogP contribution in [0.25, 0.3) is 5.57 Å². The number of hydrogen-bond acceptors (Lipinski definition) is 8. The third kappa shape index (κ3) is 3.75. The number of para-hydroxylation sites is 1. The van der Waals surface area contributed by atoms with E-state index in [0.29, 0.717) is 14.7 Å². The molecule has 31 heavy (non-hydrogen) atoms. The first-order valence-corrected chi connectivity index (χ1v) is 11.3. The van der Waals surface area contributed by atoms with E-state index in [9.17, 15) is 14.4 Å². The van der Waals surface area contributed by atoms with Crippen molar-refractivity contribution in [1.29, 1.82) is 0 Å². The number of benzene rings is 1. The molecule has 0 unspecified atom stereocenters. The van der Waals surface area contributed by atoms with Crippen LogP contribution in [0.1, 0.15) is 25.0 Å². The highest BCUT2D eigenvalue weighted by Crippen LogP contribution is 2.56.